The normalized spacial score (nSPS) is 25.5. The van der Waals surface area contributed by atoms with Gasteiger partial charge in [0.25, 0.3) is 0 Å². The Morgan fingerprint density at radius 1 is 0.479 bits per heavy atom. The van der Waals surface area contributed by atoms with Gasteiger partial charge in [-0.25, -0.2) is 0 Å². The van der Waals surface area contributed by atoms with Crippen molar-refractivity contribution in [3.05, 3.63) is 24.3 Å². The predicted molar refractivity (Wildman–Crippen MR) is 291 cm³/mol. The maximum absolute atomic E-state index is 13.2. The van der Waals surface area contributed by atoms with Gasteiger partial charge >= 0.3 is 0 Å². The minimum absolute atomic E-state index is 0.245. The molecular weight excluding hydrogens is 931 g/mol. The van der Waals surface area contributed by atoms with Gasteiger partial charge in [-0.2, -0.15) is 0 Å². The van der Waals surface area contributed by atoms with E-state index in [-0.39, 0.29) is 18.9 Å². The quantitative estimate of drug-likeness (QED) is 0.0204. The van der Waals surface area contributed by atoms with Crippen molar-refractivity contribution in [1.29, 1.82) is 0 Å². The number of allylic oxidation sites excluding steroid dienone is 3. The molecule has 2 aliphatic rings. The van der Waals surface area contributed by atoms with Crippen LogP contribution in [0.1, 0.15) is 251 Å². The van der Waals surface area contributed by atoms with Crippen LogP contribution in [0.2, 0.25) is 0 Å². The number of hydrogen-bond acceptors (Lipinski definition) is 13. The number of amides is 1. The van der Waals surface area contributed by atoms with Gasteiger partial charge in [-0.15, -0.1) is 0 Å². The average Bonchev–Trinajstić information content (AvgIpc) is 3.39. The van der Waals surface area contributed by atoms with Gasteiger partial charge in [-0.05, 0) is 32.1 Å². The Hall–Kier alpha value is -1.53. The van der Waals surface area contributed by atoms with Crippen molar-refractivity contribution >= 4 is 5.91 Å². The molecule has 1 amide bonds. The van der Waals surface area contributed by atoms with Crippen molar-refractivity contribution in [1.82, 2.24) is 5.32 Å². The van der Waals surface area contributed by atoms with E-state index in [0.29, 0.717) is 12.8 Å². The molecule has 12 atom stereocenters. The van der Waals surface area contributed by atoms with E-state index in [0.717, 1.165) is 32.1 Å². The topological polar surface area (TPSA) is 228 Å². The monoisotopic (exact) mass is 1040 g/mol. The second kappa shape index (κ2) is 45.5. The van der Waals surface area contributed by atoms with Crippen LogP contribution in [0, 0.1) is 0 Å². The van der Waals surface area contributed by atoms with E-state index in [2.05, 4.69) is 31.3 Å². The highest BCUT2D eigenvalue weighted by atomic mass is 16.7. The summed E-state index contributed by atoms with van der Waals surface area (Å²) in [7, 11) is 0. The van der Waals surface area contributed by atoms with E-state index >= 15 is 0 Å². The molecule has 0 aromatic heterocycles. The van der Waals surface area contributed by atoms with Crippen molar-refractivity contribution in [2.75, 3.05) is 19.8 Å². The molecule has 12 unspecified atom stereocenters. The molecule has 2 saturated heterocycles. The summed E-state index contributed by atoms with van der Waals surface area (Å²) < 4.78 is 22.8. The molecule has 73 heavy (non-hydrogen) atoms. The van der Waals surface area contributed by atoms with Crippen molar-refractivity contribution in [3.63, 3.8) is 0 Å². The van der Waals surface area contributed by atoms with Gasteiger partial charge in [-0.3, -0.25) is 4.79 Å². The molecule has 14 heteroatoms. The van der Waals surface area contributed by atoms with Gasteiger partial charge in [0.15, 0.2) is 12.6 Å². The van der Waals surface area contributed by atoms with E-state index in [1.165, 1.54) is 186 Å². The van der Waals surface area contributed by atoms with E-state index in [4.69, 9.17) is 18.9 Å². The number of carbonyl (C=O) groups excluding carboxylic acids is 1. The molecule has 0 spiro atoms. The Balaban J connectivity index is 1.78. The standard InChI is InChI=1S/C59H111NO13/c1-3-5-7-9-11-13-15-17-19-21-22-23-24-25-26-27-28-30-32-34-36-38-40-42-48(63)47(60-51(64)43-41-39-37-35-33-31-29-20-18-16-14-12-10-8-6-4-2)46-70-58-56(69)54(67)57(50(45-62)72-58)73-59-55(68)53(66)52(65)49(44-61)71-59/h32,34,40,42,47-50,52-59,61-63,65-69H,3-31,33,35-39,41,43-46H2,1-2H3,(H,60,64)/b34-32+,42-40+. The SMILES string of the molecule is CCCCCCCCCCCCCCCCCCC/C=C/CC/C=C/C(O)C(COC1OC(CO)C(OC2OC(CO)C(O)C(O)C2O)C(O)C1O)NC(=O)CCCCCCCCCCCCCCCCCC. The summed E-state index contributed by atoms with van der Waals surface area (Å²) >= 11 is 0. The minimum atomic E-state index is -1.79. The third kappa shape index (κ3) is 31.5. The highest BCUT2D eigenvalue weighted by molar-refractivity contribution is 5.76. The zero-order valence-corrected chi connectivity index (χ0v) is 46.1. The summed E-state index contributed by atoms with van der Waals surface area (Å²) in [6.07, 6.45) is 36.5. The average molecular weight is 1040 g/mol. The number of carbonyl (C=O) groups is 1. The van der Waals surface area contributed by atoms with Crippen molar-refractivity contribution in [2.24, 2.45) is 0 Å². The lowest BCUT2D eigenvalue weighted by molar-refractivity contribution is -0.359. The summed E-state index contributed by atoms with van der Waals surface area (Å²) in [6, 6.07) is -0.927. The molecule has 0 aromatic carbocycles. The molecule has 0 aliphatic carbocycles. The number of aliphatic hydroxyl groups excluding tert-OH is 8. The van der Waals surface area contributed by atoms with Crippen LogP contribution in [0.4, 0.5) is 0 Å². The van der Waals surface area contributed by atoms with E-state index < -0.39 is 86.8 Å². The first-order valence-corrected chi connectivity index (χ1v) is 30.1. The van der Waals surface area contributed by atoms with Crippen LogP contribution >= 0.6 is 0 Å². The molecule has 2 heterocycles. The summed E-state index contributed by atoms with van der Waals surface area (Å²) in [5.41, 5.74) is 0. The van der Waals surface area contributed by atoms with Crippen LogP contribution in [0.15, 0.2) is 24.3 Å². The summed E-state index contributed by atoms with van der Waals surface area (Å²) in [4.78, 5) is 13.2. The summed E-state index contributed by atoms with van der Waals surface area (Å²) in [5, 5.41) is 87.0. The molecule has 0 aromatic rings. The Labute approximate surface area is 443 Å². The second-order valence-electron chi connectivity index (χ2n) is 21.5. The Morgan fingerprint density at radius 3 is 1.34 bits per heavy atom. The zero-order chi connectivity index (χ0) is 53.2. The maximum Gasteiger partial charge on any atom is 0.220 e. The van der Waals surface area contributed by atoms with E-state index in [1.54, 1.807) is 6.08 Å². The van der Waals surface area contributed by atoms with E-state index in [1.807, 2.05) is 6.08 Å². The first-order chi connectivity index (χ1) is 35.6. The fourth-order valence-corrected chi connectivity index (χ4v) is 10.0. The largest absolute Gasteiger partial charge is 0.394 e. The number of rotatable bonds is 48. The van der Waals surface area contributed by atoms with Gasteiger partial charge in [-0.1, -0.05) is 237 Å². The fourth-order valence-electron chi connectivity index (χ4n) is 10.0. The number of hydrogen-bond donors (Lipinski definition) is 9. The fraction of sp³-hybridized carbons (Fsp3) is 0.915. The summed E-state index contributed by atoms with van der Waals surface area (Å²) in [6.45, 7) is 2.81. The minimum Gasteiger partial charge on any atom is -0.394 e. The molecular formula is C59H111NO13. The Kier molecular flexibility index (Phi) is 42.1. The molecule has 0 bridgehead atoms. The smallest absolute Gasteiger partial charge is 0.220 e. The first-order valence-electron chi connectivity index (χ1n) is 30.1. The van der Waals surface area contributed by atoms with Crippen LogP contribution in [-0.4, -0.2) is 140 Å². The number of ether oxygens (including phenoxy) is 4. The van der Waals surface area contributed by atoms with Crippen LogP contribution in [0.5, 0.6) is 0 Å². The predicted octanol–water partition coefficient (Wildman–Crippen LogP) is 10.1. The lowest BCUT2D eigenvalue weighted by Gasteiger charge is -2.46. The number of aliphatic hydroxyl groups is 8. The van der Waals surface area contributed by atoms with Crippen molar-refractivity contribution < 1.29 is 64.6 Å². The van der Waals surface area contributed by atoms with Gasteiger partial charge in [0.1, 0.15) is 48.8 Å². The van der Waals surface area contributed by atoms with Crippen LogP contribution < -0.4 is 5.32 Å². The molecule has 0 saturated carbocycles. The van der Waals surface area contributed by atoms with Crippen LogP contribution in [-0.2, 0) is 23.7 Å². The van der Waals surface area contributed by atoms with Gasteiger partial charge in [0, 0.05) is 6.42 Å². The maximum atomic E-state index is 13.2. The van der Waals surface area contributed by atoms with Crippen molar-refractivity contribution in [3.8, 4) is 0 Å². The van der Waals surface area contributed by atoms with E-state index in [9.17, 15) is 45.6 Å². The number of nitrogens with one attached hydrogen (secondary N) is 1. The molecule has 14 nitrogen and oxygen atoms in total. The second-order valence-corrected chi connectivity index (χ2v) is 21.5. The van der Waals surface area contributed by atoms with Gasteiger partial charge in [0.05, 0.1) is 32.0 Å². The zero-order valence-electron chi connectivity index (χ0n) is 46.1. The molecule has 9 N–H and O–H groups in total. The molecule has 2 rings (SSSR count). The van der Waals surface area contributed by atoms with Gasteiger partial charge < -0.3 is 65.1 Å². The first kappa shape index (κ1) is 67.6. The lowest BCUT2D eigenvalue weighted by Crippen LogP contribution is -2.65. The third-order valence-electron chi connectivity index (χ3n) is 14.9. The third-order valence-corrected chi connectivity index (χ3v) is 14.9. The summed E-state index contributed by atoms with van der Waals surface area (Å²) in [5.74, 6) is -0.245. The molecule has 2 aliphatic heterocycles. The highest BCUT2D eigenvalue weighted by Gasteiger charge is 2.51. The Bertz CT molecular complexity index is 1320. The number of unbranched alkanes of at least 4 members (excludes halogenated alkanes) is 33. The molecule has 430 valence electrons. The van der Waals surface area contributed by atoms with Crippen LogP contribution in [0.3, 0.4) is 0 Å². The highest BCUT2D eigenvalue weighted by Crippen LogP contribution is 2.30. The van der Waals surface area contributed by atoms with Crippen molar-refractivity contribution in [2.45, 2.75) is 325 Å². The molecule has 2 fully saturated rings. The Morgan fingerprint density at radius 2 is 0.877 bits per heavy atom. The van der Waals surface area contributed by atoms with Gasteiger partial charge in [0.2, 0.25) is 5.91 Å². The molecule has 0 radical (unpaired) electrons. The lowest BCUT2D eigenvalue weighted by atomic mass is 9.97. The van der Waals surface area contributed by atoms with Crippen LogP contribution in [0.25, 0.3) is 0 Å².